The highest BCUT2D eigenvalue weighted by Crippen LogP contribution is 2.40. The Labute approximate surface area is 187 Å². The van der Waals surface area contributed by atoms with Crippen LogP contribution >= 0.6 is 81.4 Å². The highest BCUT2D eigenvalue weighted by Gasteiger charge is 2.42. The van der Waals surface area contributed by atoms with E-state index in [1.165, 1.54) is 17.8 Å². The molecule has 0 spiro atoms. The molecule has 0 unspecified atom stereocenters. The van der Waals surface area contributed by atoms with Crippen LogP contribution in [-0.4, -0.2) is 24.8 Å². The van der Waals surface area contributed by atoms with E-state index >= 15 is 0 Å². The molecule has 0 aliphatic rings. The predicted molar refractivity (Wildman–Crippen MR) is 120 cm³/mol. The van der Waals surface area contributed by atoms with E-state index in [0.29, 0.717) is 5.75 Å². The monoisotopic (exact) mass is 490 g/mol. The molecule has 142 valence electrons. The minimum Gasteiger partial charge on any atom is -0.305 e. The summed E-state index contributed by atoms with van der Waals surface area (Å²) in [5.41, 5.74) is -0.387. The summed E-state index contributed by atoms with van der Waals surface area (Å²) in [6, 6.07) is 9.55. The number of alkyl halides is 6. The molecule has 1 aromatic rings. The molecule has 0 aromatic heterocycles. The van der Waals surface area contributed by atoms with E-state index < -0.39 is 19.4 Å². The van der Waals surface area contributed by atoms with Crippen LogP contribution in [0.5, 0.6) is 0 Å². The van der Waals surface area contributed by atoms with E-state index in [-0.39, 0.29) is 11.4 Å². The predicted octanol–water partition coefficient (Wildman–Crippen LogP) is 7.53. The van der Waals surface area contributed by atoms with Gasteiger partial charge in [-0.3, -0.25) is 0 Å². The smallest absolute Gasteiger partial charge is 0.228 e. The Bertz CT molecular complexity index is 664. The summed E-state index contributed by atoms with van der Waals surface area (Å²) < 4.78 is -3.88. The van der Waals surface area contributed by atoms with Crippen LogP contribution in [0.25, 0.3) is 0 Å². The highest BCUT2D eigenvalue weighted by atomic mass is 35.6. The molecule has 0 fully saturated rings. The summed E-state index contributed by atoms with van der Waals surface area (Å²) in [7, 11) is 0. The third-order valence-corrected chi connectivity index (χ3v) is 5.73. The zero-order chi connectivity index (χ0) is 20.0. The first kappa shape index (κ1) is 24.2. The number of rotatable bonds is 8. The number of hydrogen-bond acceptors (Lipinski definition) is 3. The van der Waals surface area contributed by atoms with Gasteiger partial charge in [-0.25, -0.2) is 0 Å². The Balaban J connectivity index is 3.24. The Hall–Kier alpha value is 0.130. The molecule has 0 heterocycles. The average molecular weight is 493 g/mol. The maximum absolute atomic E-state index is 8.33. The topological polar surface area (TPSA) is 47.7 Å². The standard InChI is InChI=1S/C17H16Cl6N2S/c1-2-3-9-12(14(24)16(18,19)20)13(15(25)17(21,22)23)10-26-11-7-5-4-6-8-11/h2-9,12-13,24-25H,1,10H2/b9-3+,24-14?,25-15?/t12-,13+/m1/s1. The van der Waals surface area contributed by atoms with E-state index in [1.54, 1.807) is 12.2 Å². The molecule has 0 bridgehead atoms. The van der Waals surface area contributed by atoms with Gasteiger partial charge in [0.05, 0.1) is 11.4 Å². The molecular weight excluding hydrogens is 477 g/mol. The second-order valence-electron chi connectivity index (χ2n) is 5.20. The van der Waals surface area contributed by atoms with Crippen molar-refractivity contribution in [2.45, 2.75) is 12.5 Å². The lowest BCUT2D eigenvalue weighted by molar-refractivity contribution is 0.670. The largest absolute Gasteiger partial charge is 0.305 e. The van der Waals surface area contributed by atoms with Gasteiger partial charge in [0.2, 0.25) is 7.59 Å². The summed E-state index contributed by atoms with van der Waals surface area (Å²) in [5, 5.41) is 16.6. The van der Waals surface area contributed by atoms with Gasteiger partial charge < -0.3 is 10.8 Å². The molecule has 0 aliphatic carbocycles. The number of allylic oxidation sites excluding steroid dienone is 3. The van der Waals surface area contributed by atoms with Crippen molar-refractivity contribution in [1.29, 1.82) is 10.8 Å². The molecule has 2 atom stereocenters. The lowest BCUT2D eigenvalue weighted by Crippen LogP contribution is -2.40. The van der Waals surface area contributed by atoms with Gasteiger partial charge >= 0.3 is 0 Å². The molecular formula is C17H16Cl6N2S. The van der Waals surface area contributed by atoms with Crippen molar-refractivity contribution in [3.05, 3.63) is 55.1 Å². The van der Waals surface area contributed by atoms with Gasteiger partial charge in [0.1, 0.15) is 0 Å². The summed E-state index contributed by atoms with van der Waals surface area (Å²) in [5.74, 6) is -1.07. The molecule has 26 heavy (non-hydrogen) atoms. The van der Waals surface area contributed by atoms with Crippen molar-refractivity contribution in [2.75, 3.05) is 5.75 Å². The van der Waals surface area contributed by atoms with E-state index in [2.05, 4.69) is 6.58 Å². The third kappa shape index (κ3) is 7.63. The molecule has 1 rings (SSSR count). The van der Waals surface area contributed by atoms with Gasteiger partial charge in [0.15, 0.2) is 0 Å². The van der Waals surface area contributed by atoms with Gasteiger partial charge in [-0.1, -0.05) is 113 Å². The number of hydrogen-bond donors (Lipinski definition) is 2. The molecule has 2 N–H and O–H groups in total. The van der Waals surface area contributed by atoms with E-state index in [9.17, 15) is 0 Å². The van der Waals surface area contributed by atoms with Crippen molar-refractivity contribution in [3.8, 4) is 0 Å². The van der Waals surface area contributed by atoms with Crippen molar-refractivity contribution >= 4 is 92.8 Å². The van der Waals surface area contributed by atoms with E-state index in [4.69, 9.17) is 80.4 Å². The van der Waals surface area contributed by atoms with Gasteiger partial charge in [0, 0.05) is 22.5 Å². The molecule has 1 aromatic carbocycles. The van der Waals surface area contributed by atoms with Crippen LogP contribution in [0, 0.1) is 22.7 Å². The maximum atomic E-state index is 8.33. The minimum absolute atomic E-state index is 0.177. The molecule has 0 radical (unpaired) electrons. The fourth-order valence-corrected chi connectivity index (χ4v) is 3.99. The highest BCUT2D eigenvalue weighted by molar-refractivity contribution is 7.99. The fourth-order valence-electron chi connectivity index (χ4n) is 2.10. The van der Waals surface area contributed by atoms with Crippen LogP contribution in [0.15, 0.2) is 60.0 Å². The van der Waals surface area contributed by atoms with Crippen molar-refractivity contribution in [2.24, 2.45) is 11.8 Å². The maximum Gasteiger partial charge on any atom is 0.228 e. The average Bonchev–Trinajstić information content (AvgIpc) is 2.56. The number of halogens is 6. The number of thioether (sulfide) groups is 1. The van der Waals surface area contributed by atoms with Gasteiger partial charge in [-0.15, -0.1) is 11.8 Å². The van der Waals surface area contributed by atoms with Gasteiger partial charge in [0.25, 0.3) is 0 Å². The zero-order valence-corrected chi connectivity index (χ0v) is 18.7. The lowest BCUT2D eigenvalue weighted by Gasteiger charge is -2.31. The van der Waals surface area contributed by atoms with Crippen molar-refractivity contribution < 1.29 is 0 Å². The summed E-state index contributed by atoms with van der Waals surface area (Å²) >= 11 is 37.0. The first-order chi connectivity index (χ1) is 12.0. The van der Waals surface area contributed by atoms with Crippen molar-refractivity contribution in [1.82, 2.24) is 0 Å². The van der Waals surface area contributed by atoms with Crippen LogP contribution in [0.3, 0.4) is 0 Å². The van der Waals surface area contributed by atoms with E-state index in [1.807, 2.05) is 30.3 Å². The molecule has 0 saturated carbocycles. The first-order valence-corrected chi connectivity index (χ1v) is 10.5. The van der Waals surface area contributed by atoms with Crippen LogP contribution in [0.4, 0.5) is 0 Å². The molecule has 2 nitrogen and oxygen atoms in total. The Morgan fingerprint density at radius 2 is 1.54 bits per heavy atom. The Morgan fingerprint density at radius 1 is 1.00 bits per heavy atom. The van der Waals surface area contributed by atoms with Gasteiger partial charge in [-0.05, 0) is 12.1 Å². The normalized spacial score (nSPS) is 14.8. The van der Waals surface area contributed by atoms with Gasteiger partial charge in [-0.2, -0.15) is 0 Å². The lowest BCUT2D eigenvalue weighted by atomic mass is 9.86. The first-order valence-electron chi connectivity index (χ1n) is 7.26. The van der Waals surface area contributed by atoms with Crippen LogP contribution < -0.4 is 0 Å². The molecule has 0 aliphatic heterocycles. The van der Waals surface area contributed by atoms with Crippen LogP contribution in [-0.2, 0) is 0 Å². The summed E-state index contributed by atoms with van der Waals surface area (Å²) in [6.07, 6.45) is 4.76. The zero-order valence-electron chi connectivity index (χ0n) is 13.4. The number of benzene rings is 1. The van der Waals surface area contributed by atoms with Crippen molar-refractivity contribution in [3.63, 3.8) is 0 Å². The SMILES string of the molecule is C=C/C=C/[C@@H](C(=N)C(Cl)(Cl)Cl)[C@H](CSc1ccccc1)C(=N)C(Cl)(Cl)Cl. The summed E-state index contributed by atoms with van der Waals surface area (Å²) in [4.78, 5) is 0.974. The second-order valence-corrected chi connectivity index (χ2v) is 10.9. The summed E-state index contributed by atoms with van der Waals surface area (Å²) in [6.45, 7) is 3.61. The van der Waals surface area contributed by atoms with Crippen LogP contribution in [0.2, 0.25) is 0 Å². The molecule has 0 amide bonds. The molecule has 0 saturated heterocycles. The van der Waals surface area contributed by atoms with Crippen LogP contribution in [0.1, 0.15) is 0 Å². The third-order valence-electron chi connectivity index (χ3n) is 3.38. The van der Waals surface area contributed by atoms with E-state index in [0.717, 1.165) is 4.90 Å². The quantitative estimate of drug-likeness (QED) is 0.167. The fraction of sp³-hybridized carbons (Fsp3) is 0.294. The minimum atomic E-state index is -1.94. The Morgan fingerprint density at radius 3 is 2.00 bits per heavy atom. The molecule has 9 heteroatoms. The number of nitrogens with one attached hydrogen (secondary N) is 2. The second kappa shape index (κ2) is 10.6. The Kier molecular flexibility index (Phi) is 9.87.